The monoisotopic (exact) mass is 1380 g/mol. The SMILES string of the molecule is COc1ccc([Si](C)(c2ccc(OC)cc2)c2cc(C)cc3c2Cc2c-3cc(C)cc2[Si](C)(c2ccc(OC)cc2)c2ccc(OC)cc2)cc1.COc1ccc([Si](C)(c2ccc(OC)cc2)c2cccc3c2Cc2c-3cccc2[Si](C)(c2ccc(OC)cc2)c2ccc(OC)cc2)cc1. The molecule has 2 aliphatic rings. The van der Waals surface area contributed by atoms with Crippen molar-refractivity contribution in [3.05, 3.63) is 288 Å². The third-order valence-electron chi connectivity index (χ3n) is 21.9. The van der Waals surface area contributed by atoms with Crippen molar-refractivity contribution in [3.63, 3.8) is 0 Å². The molecule has 0 spiro atoms. The van der Waals surface area contributed by atoms with E-state index in [0.717, 1.165) is 58.8 Å². The van der Waals surface area contributed by atoms with Gasteiger partial charge in [-0.25, -0.2) is 0 Å². The molecule has 0 N–H and O–H groups in total. The number of fused-ring (bicyclic) bond motifs is 6. The maximum absolute atomic E-state index is 5.60. The fraction of sp³-hybridized carbons (Fsp3) is 0.182. The van der Waals surface area contributed by atoms with Gasteiger partial charge in [0.2, 0.25) is 0 Å². The number of hydrogen-bond donors (Lipinski definition) is 0. The second kappa shape index (κ2) is 28.3. The topological polar surface area (TPSA) is 73.8 Å². The molecule has 504 valence electrons. The zero-order chi connectivity index (χ0) is 70.1. The van der Waals surface area contributed by atoms with Gasteiger partial charge in [0.1, 0.15) is 78.3 Å². The van der Waals surface area contributed by atoms with E-state index in [9.17, 15) is 0 Å². The number of ether oxygens (including phenoxy) is 8. The van der Waals surface area contributed by atoms with Crippen molar-refractivity contribution < 1.29 is 37.9 Å². The zero-order valence-corrected chi connectivity index (χ0v) is 63.9. The van der Waals surface area contributed by atoms with Gasteiger partial charge in [-0.15, -0.1) is 0 Å². The number of benzene rings is 12. The molecule has 100 heavy (non-hydrogen) atoms. The smallest absolute Gasteiger partial charge is 0.145 e. The predicted octanol–water partition coefficient (Wildman–Crippen LogP) is 11.6. The van der Waals surface area contributed by atoms with Gasteiger partial charge >= 0.3 is 0 Å². The van der Waals surface area contributed by atoms with Crippen molar-refractivity contribution in [3.8, 4) is 68.2 Å². The van der Waals surface area contributed by atoms with E-state index in [-0.39, 0.29) is 0 Å². The fourth-order valence-electron chi connectivity index (χ4n) is 16.0. The molecule has 12 heteroatoms. The summed E-state index contributed by atoms with van der Waals surface area (Å²) < 4.78 is 44.7. The molecule has 12 aromatic carbocycles. The molecular formula is C88H88O8Si4. The molecule has 8 nitrogen and oxygen atoms in total. The van der Waals surface area contributed by atoms with Gasteiger partial charge in [-0.05, 0) is 230 Å². The molecule has 0 saturated carbocycles. The van der Waals surface area contributed by atoms with Crippen LogP contribution in [0.2, 0.25) is 26.2 Å². The Bertz CT molecular complexity index is 4400. The van der Waals surface area contributed by atoms with Gasteiger partial charge in [-0.2, -0.15) is 0 Å². The van der Waals surface area contributed by atoms with Crippen molar-refractivity contribution in [2.24, 2.45) is 0 Å². The predicted molar refractivity (Wildman–Crippen MR) is 425 cm³/mol. The summed E-state index contributed by atoms with van der Waals surface area (Å²) in [6.45, 7) is 14.5. The molecule has 0 unspecified atom stereocenters. The lowest BCUT2D eigenvalue weighted by molar-refractivity contribution is 0.415. The molecule has 0 radical (unpaired) electrons. The van der Waals surface area contributed by atoms with Gasteiger partial charge in [0, 0.05) is 0 Å². The summed E-state index contributed by atoms with van der Waals surface area (Å²) in [6.07, 6.45) is 1.78. The number of hydrogen-bond acceptors (Lipinski definition) is 8. The van der Waals surface area contributed by atoms with E-state index in [1.54, 1.807) is 56.9 Å². The number of methoxy groups -OCH3 is 8. The Kier molecular flexibility index (Phi) is 19.3. The molecule has 0 heterocycles. The largest absolute Gasteiger partial charge is 0.497 e. The highest BCUT2D eigenvalue weighted by atomic mass is 28.3. The Labute approximate surface area is 594 Å². The van der Waals surface area contributed by atoms with Crippen molar-refractivity contribution in [2.45, 2.75) is 52.9 Å². The summed E-state index contributed by atoms with van der Waals surface area (Å²) in [5.41, 5.74) is 13.8. The summed E-state index contributed by atoms with van der Waals surface area (Å²) >= 11 is 0. The van der Waals surface area contributed by atoms with Crippen LogP contribution in [-0.4, -0.2) is 89.2 Å². The molecule has 0 aliphatic heterocycles. The van der Waals surface area contributed by atoms with E-state index >= 15 is 0 Å². The van der Waals surface area contributed by atoms with E-state index in [1.165, 1.54) is 118 Å². The highest BCUT2D eigenvalue weighted by Crippen LogP contribution is 2.40. The maximum Gasteiger partial charge on any atom is 0.145 e. The lowest BCUT2D eigenvalue weighted by Crippen LogP contribution is -2.66. The van der Waals surface area contributed by atoms with Crippen molar-refractivity contribution >= 4 is 94.5 Å². The van der Waals surface area contributed by atoms with Crippen molar-refractivity contribution in [1.82, 2.24) is 0 Å². The zero-order valence-electron chi connectivity index (χ0n) is 59.9. The van der Waals surface area contributed by atoms with Crippen LogP contribution in [0.25, 0.3) is 22.3 Å². The molecule has 0 amide bonds. The van der Waals surface area contributed by atoms with Crippen LogP contribution in [0.1, 0.15) is 33.4 Å². The van der Waals surface area contributed by atoms with Gasteiger partial charge in [0.05, 0.1) is 56.9 Å². The lowest BCUT2D eigenvalue weighted by Gasteiger charge is -2.33. The standard InChI is InChI=1S/C45H46O4Si2.C43H42O4Si2/c1-30-25-40-41-26-31(2)28-45(51(8,38-21-13-34(48-5)14-22-38)39-23-15-35(49-6)16-24-39)43(41)29-42(40)44(27-30)50(7,36-17-9-32(46-3)10-18-36)37-19-11-33(47-4)12-20-37;1-44-30-13-21-34(22-14-30)48(5,35-23-15-31(45-2)16-24-35)42-11-7-9-38-39-10-8-12-43(41(39)29-40(38)42)49(6,36-25-17-32(46-3)18-26-36)37-27-19-33(47-4)20-28-37/h9-28H,29H2,1-8H3;7-28H,29H2,1-6H3. The third-order valence-corrected chi connectivity index (χ3v) is 40.0. The molecule has 12 aromatic rings. The van der Waals surface area contributed by atoms with E-state index in [4.69, 9.17) is 37.9 Å². The van der Waals surface area contributed by atoms with Gasteiger partial charge in [0.15, 0.2) is 0 Å². The van der Waals surface area contributed by atoms with Gasteiger partial charge in [-0.1, -0.05) is 195 Å². The molecule has 0 aromatic heterocycles. The first kappa shape index (κ1) is 68.4. The van der Waals surface area contributed by atoms with Gasteiger partial charge in [0.25, 0.3) is 0 Å². The normalized spacial score (nSPS) is 12.2. The Morgan fingerprint density at radius 3 is 0.580 bits per heavy atom. The summed E-state index contributed by atoms with van der Waals surface area (Å²) in [4.78, 5) is 0. The first-order valence-corrected chi connectivity index (χ1v) is 44.2. The summed E-state index contributed by atoms with van der Waals surface area (Å²) in [5, 5.41) is 16.6. The van der Waals surface area contributed by atoms with Crippen LogP contribution in [0.15, 0.2) is 255 Å². The van der Waals surface area contributed by atoms with Crippen molar-refractivity contribution in [2.75, 3.05) is 56.9 Å². The quantitative estimate of drug-likeness (QED) is 0.0552. The summed E-state index contributed by atoms with van der Waals surface area (Å²) in [5.74, 6) is 6.94. The van der Waals surface area contributed by atoms with E-state index in [2.05, 4.69) is 295 Å². The highest BCUT2D eigenvalue weighted by Gasteiger charge is 2.45. The van der Waals surface area contributed by atoms with Gasteiger partial charge in [-0.3, -0.25) is 0 Å². The van der Waals surface area contributed by atoms with Crippen LogP contribution >= 0.6 is 0 Å². The Balaban J connectivity index is 0.000000179. The summed E-state index contributed by atoms with van der Waals surface area (Å²) in [6, 6.07) is 93.7. The highest BCUT2D eigenvalue weighted by molar-refractivity contribution is 7.13. The second-order valence-electron chi connectivity index (χ2n) is 27.0. The Morgan fingerprint density at radius 2 is 0.390 bits per heavy atom. The third kappa shape index (κ3) is 12.1. The van der Waals surface area contributed by atoms with Crippen LogP contribution in [0.3, 0.4) is 0 Å². The minimum absolute atomic E-state index is 0.867. The van der Waals surface area contributed by atoms with Crippen LogP contribution in [0.5, 0.6) is 46.0 Å². The molecule has 14 rings (SSSR count). The molecule has 0 saturated heterocycles. The first-order chi connectivity index (χ1) is 48.5. The molecule has 2 aliphatic carbocycles. The van der Waals surface area contributed by atoms with Crippen LogP contribution in [-0.2, 0) is 12.8 Å². The minimum atomic E-state index is -2.53. The molecule has 0 fully saturated rings. The minimum Gasteiger partial charge on any atom is -0.497 e. The lowest BCUT2D eigenvalue weighted by atomic mass is 10.0. The average molecular weight is 1390 g/mol. The van der Waals surface area contributed by atoms with Crippen LogP contribution in [0, 0.1) is 13.8 Å². The Morgan fingerprint density at radius 1 is 0.210 bits per heavy atom. The number of aryl methyl sites for hydroxylation is 2. The molecule has 0 atom stereocenters. The molecular weight excluding hydrogens is 1300 g/mol. The average Bonchev–Trinajstić information content (AvgIpc) is 1.54. The van der Waals surface area contributed by atoms with Crippen LogP contribution < -0.4 is 100 Å². The van der Waals surface area contributed by atoms with E-state index < -0.39 is 32.3 Å². The first-order valence-electron chi connectivity index (χ1n) is 34.2. The van der Waals surface area contributed by atoms with Crippen molar-refractivity contribution in [1.29, 1.82) is 0 Å². The molecule has 0 bridgehead atoms. The maximum atomic E-state index is 5.60. The Hall–Kier alpha value is -10.1. The number of rotatable bonds is 20. The summed E-state index contributed by atoms with van der Waals surface area (Å²) in [7, 11) is 3.79. The van der Waals surface area contributed by atoms with Gasteiger partial charge < -0.3 is 37.9 Å². The van der Waals surface area contributed by atoms with E-state index in [1.807, 2.05) is 0 Å². The fourth-order valence-corrected chi connectivity index (χ4v) is 31.7. The second-order valence-corrected chi connectivity index (χ2v) is 42.8. The van der Waals surface area contributed by atoms with E-state index in [0.29, 0.717) is 0 Å². The van der Waals surface area contributed by atoms with Crippen LogP contribution in [0.4, 0.5) is 0 Å².